The van der Waals surface area contributed by atoms with Crippen molar-refractivity contribution >= 4 is 34.9 Å². The number of carbonyl (C=O) groups is 3. The first-order chi connectivity index (χ1) is 15.2. The quantitative estimate of drug-likeness (QED) is 0.676. The molecule has 0 bridgehead atoms. The summed E-state index contributed by atoms with van der Waals surface area (Å²) in [5, 5.41) is 2.01. The van der Waals surface area contributed by atoms with Crippen molar-refractivity contribution in [2.24, 2.45) is 0 Å². The molecule has 2 aliphatic heterocycles. The zero-order valence-corrected chi connectivity index (χ0v) is 17.1. The highest BCUT2D eigenvalue weighted by molar-refractivity contribution is 8.18. The fraction of sp³-hybridized carbons (Fsp3) is 0.190. The molecule has 2 aromatic rings. The smallest absolute Gasteiger partial charge is 0.416 e. The minimum Gasteiger partial charge on any atom is -0.454 e. The van der Waals surface area contributed by atoms with Crippen LogP contribution in [0.25, 0.3) is 6.08 Å². The molecule has 0 atom stereocenters. The SMILES string of the molecule is O=C(NCCN1C(=O)S/C(=C/c2ccc3c(c2)OCO3)C1=O)c1ccc(C(F)(F)F)cc1. The summed E-state index contributed by atoms with van der Waals surface area (Å²) < 4.78 is 48.4. The summed E-state index contributed by atoms with van der Waals surface area (Å²) in [6.45, 7) is -0.00177. The molecule has 0 aromatic heterocycles. The van der Waals surface area contributed by atoms with Gasteiger partial charge in [-0.25, -0.2) is 0 Å². The van der Waals surface area contributed by atoms with Crippen LogP contribution in [0.3, 0.4) is 0 Å². The van der Waals surface area contributed by atoms with Gasteiger partial charge in [-0.15, -0.1) is 0 Å². The van der Waals surface area contributed by atoms with E-state index in [9.17, 15) is 27.6 Å². The van der Waals surface area contributed by atoms with E-state index in [-0.39, 0.29) is 30.4 Å². The first-order valence-corrected chi connectivity index (χ1v) is 10.1. The van der Waals surface area contributed by atoms with Crippen LogP contribution in [0.15, 0.2) is 47.4 Å². The van der Waals surface area contributed by atoms with Crippen molar-refractivity contribution in [1.82, 2.24) is 10.2 Å². The van der Waals surface area contributed by atoms with Gasteiger partial charge < -0.3 is 14.8 Å². The molecule has 4 rings (SSSR count). The molecular formula is C21H15F3N2O5S. The first kappa shape index (κ1) is 21.8. The van der Waals surface area contributed by atoms with E-state index in [1.54, 1.807) is 24.3 Å². The van der Waals surface area contributed by atoms with Gasteiger partial charge in [0, 0.05) is 18.7 Å². The van der Waals surface area contributed by atoms with E-state index in [0.29, 0.717) is 17.1 Å². The van der Waals surface area contributed by atoms with Crippen LogP contribution in [0, 0.1) is 0 Å². The number of nitrogens with zero attached hydrogens (tertiary/aromatic N) is 1. The zero-order valence-electron chi connectivity index (χ0n) is 16.3. The number of benzene rings is 2. The van der Waals surface area contributed by atoms with Crippen LogP contribution in [0.2, 0.25) is 0 Å². The Bertz CT molecular complexity index is 1120. The van der Waals surface area contributed by atoms with Gasteiger partial charge in [0.05, 0.1) is 10.5 Å². The largest absolute Gasteiger partial charge is 0.454 e. The molecule has 1 saturated heterocycles. The summed E-state index contributed by atoms with van der Waals surface area (Å²) in [5.74, 6) is 0.0334. The number of rotatable bonds is 5. The van der Waals surface area contributed by atoms with E-state index in [4.69, 9.17) is 9.47 Å². The summed E-state index contributed by atoms with van der Waals surface area (Å²) >= 11 is 0.776. The third-order valence-corrected chi connectivity index (χ3v) is 5.57. The van der Waals surface area contributed by atoms with E-state index in [1.807, 2.05) is 0 Å². The lowest BCUT2D eigenvalue weighted by molar-refractivity contribution is -0.137. The van der Waals surface area contributed by atoms with E-state index < -0.39 is 28.8 Å². The number of thioether (sulfide) groups is 1. The molecule has 2 aromatic carbocycles. The van der Waals surface area contributed by atoms with Crippen LogP contribution in [-0.2, 0) is 11.0 Å². The van der Waals surface area contributed by atoms with Crippen molar-refractivity contribution in [3.8, 4) is 11.5 Å². The molecule has 2 aliphatic rings. The summed E-state index contributed by atoms with van der Waals surface area (Å²) in [7, 11) is 0. The molecule has 1 fully saturated rings. The van der Waals surface area contributed by atoms with E-state index >= 15 is 0 Å². The second-order valence-corrected chi connectivity index (χ2v) is 7.77. The van der Waals surface area contributed by atoms with Crippen LogP contribution in [0.1, 0.15) is 21.5 Å². The normalized spacial score (nSPS) is 16.7. The Balaban J connectivity index is 1.34. The second-order valence-electron chi connectivity index (χ2n) is 6.78. The molecule has 166 valence electrons. The molecule has 2 heterocycles. The second kappa shape index (κ2) is 8.58. The highest BCUT2D eigenvalue weighted by Crippen LogP contribution is 2.36. The predicted octanol–water partition coefficient (Wildman–Crippen LogP) is 3.90. The minimum absolute atomic E-state index is 0.0369. The maximum atomic E-state index is 12.6. The Morgan fingerprint density at radius 2 is 1.81 bits per heavy atom. The van der Waals surface area contributed by atoms with E-state index in [1.165, 1.54) is 0 Å². The fourth-order valence-corrected chi connectivity index (χ4v) is 3.91. The summed E-state index contributed by atoms with van der Waals surface area (Å²) in [6, 6.07) is 8.87. The Hall–Kier alpha value is -3.47. The molecule has 0 aliphatic carbocycles. The Kier molecular flexibility index (Phi) is 5.83. The molecule has 3 amide bonds. The Labute approximate surface area is 184 Å². The number of ether oxygens (including phenoxy) is 2. The van der Waals surface area contributed by atoms with Gasteiger partial charge in [0.15, 0.2) is 11.5 Å². The summed E-state index contributed by atoms with van der Waals surface area (Å²) in [5.41, 5.74) is -0.161. The lowest BCUT2D eigenvalue weighted by atomic mass is 10.1. The van der Waals surface area contributed by atoms with Crippen molar-refractivity contribution in [3.63, 3.8) is 0 Å². The first-order valence-electron chi connectivity index (χ1n) is 9.33. The number of carbonyl (C=O) groups excluding carboxylic acids is 3. The molecule has 0 radical (unpaired) electrons. The van der Waals surface area contributed by atoms with Gasteiger partial charge in [-0.05, 0) is 59.8 Å². The lowest BCUT2D eigenvalue weighted by Crippen LogP contribution is -2.37. The van der Waals surface area contributed by atoms with Crippen LogP contribution < -0.4 is 14.8 Å². The van der Waals surface area contributed by atoms with Crippen molar-refractivity contribution in [2.45, 2.75) is 6.18 Å². The van der Waals surface area contributed by atoms with E-state index in [2.05, 4.69) is 5.32 Å². The predicted molar refractivity (Wildman–Crippen MR) is 109 cm³/mol. The van der Waals surface area contributed by atoms with Gasteiger partial charge in [0.1, 0.15) is 0 Å². The average molecular weight is 464 g/mol. The topological polar surface area (TPSA) is 84.9 Å². The van der Waals surface area contributed by atoms with Gasteiger partial charge in [-0.2, -0.15) is 13.2 Å². The Morgan fingerprint density at radius 1 is 1.09 bits per heavy atom. The van der Waals surface area contributed by atoms with Gasteiger partial charge in [-0.1, -0.05) is 6.07 Å². The molecule has 1 N–H and O–H groups in total. The van der Waals surface area contributed by atoms with E-state index in [0.717, 1.165) is 40.9 Å². The van der Waals surface area contributed by atoms with Gasteiger partial charge in [-0.3, -0.25) is 19.3 Å². The van der Waals surface area contributed by atoms with Crippen molar-refractivity contribution in [3.05, 3.63) is 64.1 Å². The monoisotopic (exact) mass is 464 g/mol. The van der Waals surface area contributed by atoms with Gasteiger partial charge in [0.25, 0.3) is 17.1 Å². The standard InChI is InChI=1S/C21H15F3N2O5S/c22-21(23,24)14-4-2-13(3-5-14)18(27)25-7-8-26-19(28)17(32-20(26)29)10-12-1-6-15-16(9-12)31-11-30-15/h1-6,9-10H,7-8,11H2,(H,25,27)/b17-10+. The van der Waals surface area contributed by atoms with Gasteiger partial charge in [0.2, 0.25) is 6.79 Å². The molecule has 32 heavy (non-hydrogen) atoms. The van der Waals surface area contributed by atoms with Crippen LogP contribution in [0.5, 0.6) is 11.5 Å². The number of hydrogen-bond acceptors (Lipinski definition) is 6. The maximum absolute atomic E-state index is 12.6. The number of fused-ring (bicyclic) bond motifs is 1. The molecule has 0 spiro atoms. The zero-order chi connectivity index (χ0) is 22.9. The summed E-state index contributed by atoms with van der Waals surface area (Å²) in [6.07, 6.45) is -2.93. The number of amides is 3. The lowest BCUT2D eigenvalue weighted by Gasteiger charge is -2.13. The van der Waals surface area contributed by atoms with Crippen molar-refractivity contribution in [1.29, 1.82) is 0 Å². The minimum atomic E-state index is -4.49. The molecule has 7 nitrogen and oxygen atoms in total. The van der Waals surface area contributed by atoms with Crippen LogP contribution >= 0.6 is 11.8 Å². The number of alkyl halides is 3. The van der Waals surface area contributed by atoms with Crippen LogP contribution in [-0.4, -0.2) is 41.8 Å². The van der Waals surface area contributed by atoms with Crippen molar-refractivity contribution in [2.75, 3.05) is 19.9 Å². The molecular weight excluding hydrogens is 449 g/mol. The number of nitrogens with one attached hydrogen (secondary N) is 1. The molecule has 11 heteroatoms. The summed E-state index contributed by atoms with van der Waals surface area (Å²) in [4.78, 5) is 38.1. The molecule has 0 unspecified atom stereocenters. The average Bonchev–Trinajstić information content (AvgIpc) is 3.32. The third-order valence-electron chi connectivity index (χ3n) is 4.66. The third kappa shape index (κ3) is 4.57. The Morgan fingerprint density at radius 3 is 2.53 bits per heavy atom. The highest BCUT2D eigenvalue weighted by atomic mass is 32.2. The van der Waals surface area contributed by atoms with Gasteiger partial charge >= 0.3 is 6.18 Å². The highest BCUT2D eigenvalue weighted by Gasteiger charge is 2.35. The van der Waals surface area contributed by atoms with Crippen LogP contribution in [0.4, 0.5) is 18.0 Å². The number of imide groups is 1. The number of halogens is 3. The maximum Gasteiger partial charge on any atom is 0.416 e. The molecule has 0 saturated carbocycles. The fourth-order valence-electron chi connectivity index (χ4n) is 3.04. The number of hydrogen-bond donors (Lipinski definition) is 1. The van der Waals surface area contributed by atoms with Crippen molar-refractivity contribution < 1.29 is 37.0 Å².